The molecule has 1 N–H and O–H groups in total. The highest BCUT2D eigenvalue weighted by atomic mass is 16.5. The molecule has 4 aliphatic rings. The number of carbonyl (C=O) groups is 2. The number of ether oxygens (including phenoxy) is 2. The lowest BCUT2D eigenvalue weighted by Gasteiger charge is -2.61. The minimum atomic E-state index is -0.454. The van der Waals surface area contributed by atoms with E-state index < -0.39 is 5.41 Å². The fourth-order valence-corrected chi connectivity index (χ4v) is 6.85. The molecule has 0 saturated heterocycles. The molecule has 0 spiro atoms. The quantitative estimate of drug-likeness (QED) is 0.689. The van der Waals surface area contributed by atoms with Gasteiger partial charge in [-0.05, 0) is 73.5 Å². The summed E-state index contributed by atoms with van der Waals surface area (Å²) in [6.45, 7) is -0.272. The van der Waals surface area contributed by atoms with Crippen LogP contribution in [0.5, 0.6) is 5.75 Å². The van der Waals surface area contributed by atoms with Gasteiger partial charge >= 0.3 is 5.97 Å². The number of rotatable bonds is 6. The SMILES string of the molecule is COc1ccccc1NC(=O)COC(=O)C12C[C@H]3C[C@@H](C1)CC(c1ccccc1)(C3)C2. The number of esters is 1. The van der Waals surface area contributed by atoms with Gasteiger partial charge in [0.15, 0.2) is 6.61 Å². The van der Waals surface area contributed by atoms with E-state index in [1.54, 1.807) is 19.2 Å². The summed E-state index contributed by atoms with van der Waals surface area (Å²) in [5.74, 6) is 1.17. The van der Waals surface area contributed by atoms with E-state index in [1.807, 2.05) is 18.2 Å². The average molecular weight is 420 g/mol. The number of hydrogen-bond donors (Lipinski definition) is 1. The largest absolute Gasteiger partial charge is 0.495 e. The molecule has 5 nitrogen and oxygen atoms in total. The fraction of sp³-hybridized carbons (Fsp3) is 0.462. The summed E-state index contributed by atoms with van der Waals surface area (Å²) in [5.41, 5.74) is 1.55. The third-order valence-electron chi connectivity index (χ3n) is 7.60. The predicted molar refractivity (Wildman–Crippen MR) is 118 cm³/mol. The maximum Gasteiger partial charge on any atom is 0.312 e. The van der Waals surface area contributed by atoms with Crippen LogP contribution in [-0.4, -0.2) is 25.6 Å². The van der Waals surface area contributed by atoms with Crippen molar-refractivity contribution >= 4 is 17.6 Å². The molecule has 0 radical (unpaired) electrons. The molecule has 4 fully saturated rings. The molecule has 31 heavy (non-hydrogen) atoms. The van der Waals surface area contributed by atoms with Crippen LogP contribution in [0.25, 0.3) is 0 Å². The first-order valence-electron chi connectivity index (χ1n) is 11.2. The van der Waals surface area contributed by atoms with Crippen molar-refractivity contribution in [3.05, 3.63) is 60.2 Å². The molecule has 4 atom stereocenters. The molecule has 4 bridgehead atoms. The van der Waals surface area contributed by atoms with Crippen LogP contribution in [0.2, 0.25) is 0 Å². The van der Waals surface area contributed by atoms with Gasteiger partial charge in [0.2, 0.25) is 0 Å². The van der Waals surface area contributed by atoms with Gasteiger partial charge in [-0.3, -0.25) is 9.59 Å². The zero-order chi connectivity index (χ0) is 21.5. The van der Waals surface area contributed by atoms with E-state index in [0.717, 1.165) is 32.1 Å². The number of hydrogen-bond acceptors (Lipinski definition) is 4. The van der Waals surface area contributed by atoms with Crippen molar-refractivity contribution in [2.45, 2.75) is 43.9 Å². The molecule has 4 aliphatic carbocycles. The van der Waals surface area contributed by atoms with E-state index in [-0.39, 0.29) is 23.9 Å². The van der Waals surface area contributed by atoms with E-state index in [2.05, 4.69) is 29.6 Å². The second-order valence-electron chi connectivity index (χ2n) is 9.71. The molecule has 2 aromatic carbocycles. The fourth-order valence-electron chi connectivity index (χ4n) is 6.85. The monoisotopic (exact) mass is 419 g/mol. The first-order chi connectivity index (χ1) is 15.0. The van der Waals surface area contributed by atoms with Crippen LogP contribution in [-0.2, 0) is 19.7 Å². The van der Waals surface area contributed by atoms with Crippen LogP contribution in [0.1, 0.15) is 44.1 Å². The van der Waals surface area contributed by atoms with Crippen molar-refractivity contribution in [1.82, 2.24) is 0 Å². The molecule has 0 heterocycles. The number of amides is 1. The second-order valence-corrected chi connectivity index (χ2v) is 9.71. The van der Waals surface area contributed by atoms with Crippen molar-refractivity contribution in [1.29, 1.82) is 0 Å². The average Bonchev–Trinajstić information content (AvgIpc) is 2.77. The van der Waals surface area contributed by atoms with Gasteiger partial charge in [-0.1, -0.05) is 42.5 Å². The van der Waals surface area contributed by atoms with Gasteiger partial charge in [0.1, 0.15) is 5.75 Å². The summed E-state index contributed by atoms with van der Waals surface area (Å²) >= 11 is 0. The van der Waals surface area contributed by atoms with Crippen molar-refractivity contribution in [2.24, 2.45) is 17.3 Å². The second kappa shape index (κ2) is 7.70. The van der Waals surface area contributed by atoms with Crippen molar-refractivity contribution in [3.63, 3.8) is 0 Å². The summed E-state index contributed by atoms with van der Waals surface area (Å²) in [6, 6.07) is 17.9. The zero-order valence-corrected chi connectivity index (χ0v) is 17.9. The number of methoxy groups -OCH3 is 1. The maximum atomic E-state index is 13.3. The molecule has 4 saturated carbocycles. The van der Waals surface area contributed by atoms with Gasteiger partial charge in [0, 0.05) is 0 Å². The van der Waals surface area contributed by atoms with Gasteiger partial charge in [-0.15, -0.1) is 0 Å². The van der Waals surface area contributed by atoms with Crippen LogP contribution in [0.15, 0.2) is 54.6 Å². The number of anilines is 1. The Hall–Kier alpha value is -2.82. The minimum Gasteiger partial charge on any atom is -0.495 e. The molecule has 1 amide bonds. The molecule has 2 unspecified atom stereocenters. The lowest BCUT2D eigenvalue weighted by Crippen LogP contribution is -2.57. The van der Waals surface area contributed by atoms with E-state index in [9.17, 15) is 9.59 Å². The summed E-state index contributed by atoms with van der Waals surface area (Å²) < 4.78 is 10.9. The third-order valence-corrected chi connectivity index (χ3v) is 7.60. The molecular weight excluding hydrogens is 390 g/mol. The number of nitrogens with one attached hydrogen (secondary N) is 1. The molecule has 2 aromatic rings. The Morgan fingerprint density at radius 2 is 1.65 bits per heavy atom. The molecule has 0 aliphatic heterocycles. The Balaban J connectivity index is 1.29. The lowest BCUT2D eigenvalue weighted by atomic mass is 9.43. The van der Waals surface area contributed by atoms with E-state index in [4.69, 9.17) is 9.47 Å². The lowest BCUT2D eigenvalue weighted by molar-refractivity contribution is -0.175. The van der Waals surface area contributed by atoms with Crippen LogP contribution in [0.3, 0.4) is 0 Å². The summed E-state index contributed by atoms with van der Waals surface area (Å²) in [7, 11) is 1.56. The number of benzene rings is 2. The zero-order valence-electron chi connectivity index (χ0n) is 17.9. The molecule has 0 aromatic heterocycles. The summed E-state index contributed by atoms with van der Waals surface area (Å²) in [4.78, 5) is 25.8. The smallest absolute Gasteiger partial charge is 0.312 e. The van der Waals surface area contributed by atoms with Gasteiger partial charge in [0.25, 0.3) is 5.91 Å². The molecule has 5 heteroatoms. The van der Waals surface area contributed by atoms with Crippen molar-refractivity contribution < 1.29 is 19.1 Å². The van der Waals surface area contributed by atoms with Crippen molar-refractivity contribution in [3.8, 4) is 5.75 Å². The molecule has 6 rings (SSSR count). The topological polar surface area (TPSA) is 64.6 Å². The normalized spacial score (nSPS) is 30.6. The molecular formula is C26H29NO4. The predicted octanol–water partition coefficient (Wildman–Crippen LogP) is 4.72. The van der Waals surface area contributed by atoms with Crippen molar-refractivity contribution in [2.75, 3.05) is 19.0 Å². The standard InChI is InChI=1S/C26H29NO4/c1-30-22-10-6-5-9-21(22)27-23(28)16-31-24(29)26-14-18-11-19(15-26)13-25(12-18,17-26)20-7-3-2-4-8-20/h2-10,18-19H,11-17H2,1H3,(H,27,28)/t18-,19+,25?,26?. The Bertz CT molecular complexity index is 972. The first-order valence-corrected chi connectivity index (χ1v) is 11.2. The Kier molecular flexibility index (Phi) is 4.99. The maximum absolute atomic E-state index is 13.3. The van der Waals surface area contributed by atoms with E-state index in [0.29, 0.717) is 23.3 Å². The van der Waals surface area contributed by atoms with Crippen LogP contribution < -0.4 is 10.1 Å². The van der Waals surface area contributed by atoms with Crippen LogP contribution in [0, 0.1) is 17.3 Å². The van der Waals surface area contributed by atoms with E-state index in [1.165, 1.54) is 12.0 Å². The Labute approximate surface area is 183 Å². The first kappa shape index (κ1) is 20.1. The molecule has 162 valence electrons. The van der Waals surface area contributed by atoms with Crippen LogP contribution >= 0.6 is 0 Å². The highest BCUT2D eigenvalue weighted by Gasteiger charge is 2.61. The number of para-hydroxylation sites is 2. The van der Waals surface area contributed by atoms with Gasteiger partial charge in [-0.2, -0.15) is 0 Å². The third kappa shape index (κ3) is 3.60. The van der Waals surface area contributed by atoms with Gasteiger partial charge in [0.05, 0.1) is 18.2 Å². The number of carbonyl (C=O) groups excluding carboxylic acids is 2. The van der Waals surface area contributed by atoms with Crippen LogP contribution in [0.4, 0.5) is 5.69 Å². The Morgan fingerprint density at radius 1 is 0.968 bits per heavy atom. The summed E-state index contributed by atoms with van der Waals surface area (Å²) in [5, 5.41) is 2.78. The van der Waals surface area contributed by atoms with Gasteiger partial charge in [-0.25, -0.2) is 0 Å². The van der Waals surface area contributed by atoms with Gasteiger partial charge < -0.3 is 14.8 Å². The Morgan fingerprint density at radius 3 is 2.35 bits per heavy atom. The minimum absolute atomic E-state index is 0.0734. The highest BCUT2D eigenvalue weighted by Crippen LogP contribution is 2.66. The summed E-state index contributed by atoms with van der Waals surface area (Å²) in [6.07, 6.45) is 6.17. The van der Waals surface area contributed by atoms with E-state index >= 15 is 0 Å². The highest BCUT2D eigenvalue weighted by molar-refractivity contribution is 5.94.